The van der Waals surface area contributed by atoms with Crippen LogP contribution in [0.5, 0.6) is 5.75 Å². The third kappa shape index (κ3) is 3.83. The quantitative estimate of drug-likeness (QED) is 0.398. The Bertz CT molecular complexity index is 902. The molecule has 26 heavy (non-hydrogen) atoms. The Labute approximate surface area is 161 Å². The Morgan fingerprint density at radius 3 is 2.81 bits per heavy atom. The topological polar surface area (TPSA) is 53.1 Å². The van der Waals surface area contributed by atoms with E-state index in [0.717, 1.165) is 38.7 Å². The molecule has 3 rings (SSSR count). The molecule has 0 aliphatic rings. The Morgan fingerprint density at radius 1 is 1.31 bits per heavy atom. The predicted molar refractivity (Wildman–Crippen MR) is 107 cm³/mol. The van der Waals surface area contributed by atoms with Crippen molar-refractivity contribution < 1.29 is 9.15 Å². The van der Waals surface area contributed by atoms with Crippen LogP contribution in [0, 0.1) is 6.92 Å². The number of nitrogens with zero attached hydrogens (tertiary/aromatic N) is 3. The van der Waals surface area contributed by atoms with Crippen LogP contribution in [-0.2, 0) is 12.3 Å². The molecular formula is C19H21N3O2S2. The first-order chi connectivity index (χ1) is 12.7. The van der Waals surface area contributed by atoms with Gasteiger partial charge in [0.15, 0.2) is 11.0 Å². The lowest BCUT2D eigenvalue weighted by atomic mass is 10.2. The van der Waals surface area contributed by atoms with Crippen LogP contribution >= 0.6 is 23.5 Å². The molecule has 5 nitrogen and oxygen atoms in total. The second-order valence-electron chi connectivity index (χ2n) is 5.57. The number of hydrogen-bond acceptors (Lipinski definition) is 6. The summed E-state index contributed by atoms with van der Waals surface area (Å²) in [5.74, 6) is 3.31. The minimum absolute atomic E-state index is 0.643. The van der Waals surface area contributed by atoms with Crippen molar-refractivity contribution in [2.45, 2.75) is 29.3 Å². The highest BCUT2D eigenvalue weighted by Crippen LogP contribution is 2.32. The average molecular weight is 388 g/mol. The third-order valence-corrected chi connectivity index (χ3v) is 5.76. The van der Waals surface area contributed by atoms with Crippen molar-refractivity contribution in [2.24, 2.45) is 0 Å². The predicted octanol–water partition coefficient (Wildman–Crippen LogP) is 5.06. The van der Waals surface area contributed by atoms with E-state index < -0.39 is 0 Å². The fourth-order valence-electron chi connectivity index (χ4n) is 2.62. The fourth-order valence-corrected chi connectivity index (χ4v) is 4.06. The van der Waals surface area contributed by atoms with Gasteiger partial charge in [-0.15, -0.1) is 28.5 Å². The van der Waals surface area contributed by atoms with Gasteiger partial charge in [0, 0.05) is 17.2 Å². The second-order valence-corrected chi connectivity index (χ2v) is 7.36. The second kappa shape index (κ2) is 8.51. The number of aromatic nitrogens is 3. The van der Waals surface area contributed by atoms with Gasteiger partial charge in [-0.05, 0) is 36.9 Å². The highest BCUT2D eigenvalue weighted by atomic mass is 32.2. The van der Waals surface area contributed by atoms with Crippen molar-refractivity contribution in [3.05, 3.63) is 54.5 Å². The number of ether oxygens (including phenoxy) is 1. The van der Waals surface area contributed by atoms with Crippen LogP contribution in [-0.4, -0.2) is 28.1 Å². The normalized spacial score (nSPS) is 10.9. The minimum atomic E-state index is 0.643. The molecule has 1 aromatic carbocycles. The summed E-state index contributed by atoms with van der Waals surface area (Å²) in [4.78, 5) is 1.13. The maximum atomic E-state index is 5.47. The van der Waals surface area contributed by atoms with Crippen molar-refractivity contribution in [1.29, 1.82) is 0 Å². The standard InChI is InChI=1S/C19H21N3O2S2/c1-5-9-22-18(15-8-10-24-13(15)2)20-21-19(22)26-12-14-6-7-17(25-4)16(11-14)23-3/h5-8,10-11H,1,9,12H2,2-4H3. The van der Waals surface area contributed by atoms with Gasteiger partial charge in [-0.2, -0.15) is 0 Å². The summed E-state index contributed by atoms with van der Waals surface area (Å²) in [6.07, 6.45) is 5.57. The number of aryl methyl sites for hydroxylation is 1. The zero-order chi connectivity index (χ0) is 18.5. The van der Waals surface area contributed by atoms with Gasteiger partial charge in [-0.1, -0.05) is 23.9 Å². The SMILES string of the molecule is C=CCn1c(SCc2ccc(SC)c(OC)c2)nnc1-c1ccoc1C. The van der Waals surface area contributed by atoms with E-state index in [0.29, 0.717) is 6.54 Å². The van der Waals surface area contributed by atoms with E-state index in [9.17, 15) is 0 Å². The summed E-state index contributed by atoms with van der Waals surface area (Å²) in [5, 5.41) is 9.60. The van der Waals surface area contributed by atoms with Crippen LogP contribution in [0.1, 0.15) is 11.3 Å². The van der Waals surface area contributed by atoms with Crippen molar-refractivity contribution >= 4 is 23.5 Å². The third-order valence-electron chi connectivity index (χ3n) is 3.94. The van der Waals surface area contributed by atoms with E-state index in [4.69, 9.17) is 9.15 Å². The molecule has 136 valence electrons. The lowest BCUT2D eigenvalue weighted by Crippen LogP contribution is -2.01. The molecular weight excluding hydrogens is 366 g/mol. The summed E-state index contributed by atoms with van der Waals surface area (Å²) >= 11 is 3.32. The Balaban J connectivity index is 1.83. The highest BCUT2D eigenvalue weighted by Gasteiger charge is 2.17. The minimum Gasteiger partial charge on any atom is -0.496 e. The van der Waals surface area contributed by atoms with E-state index in [1.807, 2.05) is 25.3 Å². The number of rotatable bonds is 8. The van der Waals surface area contributed by atoms with Crippen LogP contribution in [0.25, 0.3) is 11.4 Å². The number of benzene rings is 1. The van der Waals surface area contributed by atoms with Gasteiger partial charge in [0.25, 0.3) is 0 Å². The molecule has 3 aromatic rings. The van der Waals surface area contributed by atoms with Gasteiger partial charge < -0.3 is 9.15 Å². The first-order valence-corrected chi connectivity index (χ1v) is 10.3. The first-order valence-electron chi connectivity index (χ1n) is 8.10. The molecule has 2 aromatic heterocycles. The van der Waals surface area contributed by atoms with Crippen molar-refractivity contribution in [3.8, 4) is 17.1 Å². The largest absolute Gasteiger partial charge is 0.496 e. The number of furan rings is 1. The molecule has 0 saturated heterocycles. The van der Waals surface area contributed by atoms with E-state index in [2.05, 4.69) is 39.5 Å². The molecule has 7 heteroatoms. The number of allylic oxidation sites excluding steroid dienone is 1. The smallest absolute Gasteiger partial charge is 0.192 e. The molecule has 0 amide bonds. The fraction of sp³-hybridized carbons (Fsp3) is 0.263. The molecule has 0 unspecified atom stereocenters. The number of thioether (sulfide) groups is 2. The summed E-state index contributed by atoms with van der Waals surface area (Å²) in [7, 11) is 1.70. The monoisotopic (exact) mass is 387 g/mol. The van der Waals surface area contributed by atoms with Crippen LogP contribution < -0.4 is 4.74 Å². The van der Waals surface area contributed by atoms with Crippen LogP contribution in [0.4, 0.5) is 0 Å². The van der Waals surface area contributed by atoms with Gasteiger partial charge in [0.2, 0.25) is 0 Å². The molecule has 0 radical (unpaired) electrons. The zero-order valence-electron chi connectivity index (χ0n) is 15.1. The number of hydrogen-bond donors (Lipinski definition) is 0. The van der Waals surface area contributed by atoms with Gasteiger partial charge in [-0.3, -0.25) is 4.57 Å². The van der Waals surface area contributed by atoms with Gasteiger partial charge in [0.05, 0.1) is 18.9 Å². The summed E-state index contributed by atoms with van der Waals surface area (Å²) in [5.41, 5.74) is 2.14. The molecule has 0 fully saturated rings. The lowest BCUT2D eigenvalue weighted by molar-refractivity contribution is 0.404. The molecule has 2 heterocycles. The van der Waals surface area contributed by atoms with E-state index in [1.165, 1.54) is 5.56 Å². The number of methoxy groups -OCH3 is 1. The summed E-state index contributed by atoms with van der Waals surface area (Å²) in [6.45, 7) is 6.42. The maximum Gasteiger partial charge on any atom is 0.192 e. The molecule has 0 aliphatic carbocycles. The van der Waals surface area contributed by atoms with Gasteiger partial charge >= 0.3 is 0 Å². The molecule has 0 N–H and O–H groups in total. The Morgan fingerprint density at radius 2 is 2.15 bits per heavy atom. The van der Waals surface area contributed by atoms with Gasteiger partial charge in [0.1, 0.15) is 11.5 Å². The lowest BCUT2D eigenvalue weighted by Gasteiger charge is -2.10. The molecule has 0 atom stereocenters. The molecule has 0 spiro atoms. The summed E-state index contributed by atoms with van der Waals surface area (Å²) < 4.78 is 12.9. The average Bonchev–Trinajstić information content (AvgIpc) is 3.25. The van der Waals surface area contributed by atoms with Crippen LogP contribution in [0.2, 0.25) is 0 Å². The van der Waals surface area contributed by atoms with Crippen LogP contribution in [0.3, 0.4) is 0 Å². The van der Waals surface area contributed by atoms with Gasteiger partial charge in [-0.25, -0.2) is 0 Å². The Kier molecular flexibility index (Phi) is 6.11. The van der Waals surface area contributed by atoms with Crippen molar-refractivity contribution in [3.63, 3.8) is 0 Å². The molecule has 0 saturated carbocycles. The zero-order valence-corrected chi connectivity index (χ0v) is 16.7. The van der Waals surface area contributed by atoms with E-state index >= 15 is 0 Å². The van der Waals surface area contributed by atoms with Crippen LogP contribution in [0.15, 0.2) is 57.7 Å². The molecule has 0 aliphatic heterocycles. The maximum absolute atomic E-state index is 5.47. The first kappa shape index (κ1) is 18.7. The Hall–Kier alpha value is -2.12. The van der Waals surface area contributed by atoms with Crippen molar-refractivity contribution in [2.75, 3.05) is 13.4 Å². The van der Waals surface area contributed by atoms with E-state index in [1.54, 1.807) is 36.9 Å². The highest BCUT2D eigenvalue weighted by molar-refractivity contribution is 7.98. The van der Waals surface area contributed by atoms with Crippen molar-refractivity contribution in [1.82, 2.24) is 14.8 Å². The van der Waals surface area contributed by atoms with E-state index in [-0.39, 0.29) is 0 Å². The molecule has 0 bridgehead atoms. The summed E-state index contributed by atoms with van der Waals surface area (Å²) in [6, 6.07) is 8.21.